The molecule has 21 heavy (non-hydrogen) atoms. The van der Waals surface area contributed by atoms with Gasteiger partial charge in [-0.15, -0.1) is 0 Å². The Bertz CT molecular complexity index is 654. The van der Waals surface area contributed by atoms with Crippen LogP contribution < -0.4 is 0 Å². The molecule has 0 aliphatic heterocycles. The van der Waals surface area contributed by atoms with Crippen molar-refractivity contribution < 1.29 is 4.74 Å². The van der Waals surface area contributed by atoms with Crippen molar-refractivity contribution in [1.29, 1.82) is 0 Å². The fourth-order valence-corrected chi connectivity index (χ4v) is 2.28. The summed E-state index contributed by atoms with van der Waals surface area (Å²) in [6.45, 7) is 5.96. The van der Waals surface area contributed by atoms with E-state index in [1.165, 1.54) is 5.56 Å². The Morgan fingerprint density at radius 3 is 2.43 bits per heavy atom. The van der Waals surface area contributed by atoms with Crippen molar-refractivity contribution >= 4 is 29.5 Å². The highest BCUT2D eigenvalue weighted by molar-refractivity contribution is 6.32. The molecule has 0 fully saturated rings. The molecule has 0 unspecified atom stereocenters. The van der Waals surface area contributed by atoms with Crippen LogP contribution in [0.5, 0.6) is 0 Å². The zero-order valence-corrected chi connectivity index (χ0v) is 13.2. The minimum Gasteiger partial charge on any atom is -0.497 e. The van der Waals surface area contributed by atoms with Crippen molar-refractivity contribution in [3.63, 3.8) is 0 Å². The van der Waals surface area contributed by atoms with E-state index in [4.69, 9.17) is 16.3 Å². The van der Waals surface area contributed by atoms with Gasteiger partial charge in [0.05, 0.1) is 7.11 Å². The van der Waals surface area contributed by atoms with Crippen LogP contribution in [0.25, 0.3) is 17.9 Å². The van der Waals surface area contributed by atoms with Crippen LogP contribution in [0.1, 0.15) is 29.2 Å². The van der Waals surface area contributed by atoms with E-state index in [1.54, 1.807) is 7.11 Å². The predicted molar refractivity (Wildman–Crippen MR) is 92.2 cm³/mol. The van der Waals surface area contributed by atoms with Crippen LogP contribution in [0.4, 0.5) is 0 Å². The molecule has 0 bridgehead atoms. The lowest BCUT2D eigenvalue weighted by atomic mass is 10.1. The average molecular weight is 299 g/mol. The molecule has 0 saturated carbocycles. The molecule has 2 rings (SSSR count). The summed E-state index contributed by atoms with van der Waals surface area (Å²) in [6, 6.07) is 14.2. The van der Waals surface area contributed by atoms with Gasteiger partial charge >= 0.3 is 0 Å². The zero-order valence-electron chi connectivity index (χ0n) is 12.4. The lowest BCUT2D eigenvalue weighted by Gasteiger charge is -2.04. The minimum absolute atomic E-state index is 0.670. The number of hydrogen-bond donors (Lipinski definition) is 0. The van der Waals surface area contributed by atoms with E-state index in [-0.39, 0.29) is 0 Å². The molecule has 0 aliphatic carbocycles. The summed E-state index contributed by atoms with van der Waals surface area (Å²) < 4.78 is 5.11. The van der Waals surface area contributed by atoms with Crippen LogP contribution in [-0.2, 0) is 11.2 Å². The van der Waals surface area contributed by atoms with Crippen LogP contribution in [0.15, 0.2) is 49.0 Å². The molecule has 2 aromatic carbocycles. The van der Waals surface area contributed by atoms with Crippen molar-refractivity contribution in [2.45, 2.75) is 13.3 Å². The van der Waals surface area contributed by atoms with Crippen LogP contribution in [0.2, 0.25) is 5.02 Å². The Kier molecular flexibility index (Phi) is 5.24. The molecular weight excluding hydrogens is 280 g/mol. The zero-order chi connectivity index (χ0) is 15.2. The van der Waals surface area contributed by atoms with E-state index in [0.717, 1.165) is 28.1 Å². The topological polar surface area (TPSA) is 9.23 Å². The lowest BCUT2D eigenvalue weighted by molar-refractivity contribution is 0.371. The van der Waals surface area contributed by atoms with Crippen LogP contribution >= 0.6 is 11.6 Å². The van der Waals surface area contributed by atoms with Crippen LogP contribution in [-0.4, -0.2) is 7.11 Å². The van der Waals surface area contributed by atoms with E-state index in [1.807, 2.05) is 42.5 Å². The molecule has 0 saturated heterocycles. The monoisotopic (exact) mass is 298 g/mol. The van der Waals surface area contributed by atoms with E-state index in [2.05, 4.69) is 25.6 Å². The molecule has 2 aromatic rings. The molecule has 0 heterocycles. The quantitative estimate of drug-likeness (QED) is 0.509. The smallest absolute Gasteiger partial charge is 0.118 e. The molecule has 0 spiro atoms. The van der Waals surface area contributed by atoms with Gasteiger partial charge in [0.15, 0.2) is 0 Å². The highest BCUT2D eigenvalue weighted by Gasteiger charge is 1.99. The summed E-state index contributed by atoms with van der Waals surface area (Å²) in [5, 5.41) is 0.787. The molecular formula is C19H19ClO. The number of hydrogen-bond acceptors (Lipinski definition) is 1. The van der Waals surface area contributed by atoms with Gasteiger partial charge in [-0.05, 0) is 29.2 Å². The molecule has 0 amide bonds. The molecule has 0 radical (unpaired) electrons. The van der Waals surface area contributed by atoms with E-state index in [9.17, 15) is 0 Å². The maximum absolute atomic E-state index is 6.28. The van der Waals surface area contributed by atoms with E-state index < -0.39 is 0 Å². The van der Waals surface area contributed by atoms with Gasteiger partial charge < -0.3 is 4.74 Å². The van der Waals surface area contributed by atoms with Gasteiger partial charge in [0.25, 0.3) is 0 Å². The molecule has 0 aromatic heterocycles. The molecule has 108 valence electrons. The molecule has 0 N–H and O–H groups in total. The van der Waals surface area contributed by atoms with Crippen molar-refractivity contribution in [3.8, 4) is 0 Å². The number of halogens is 1. The first-order valence-electron chi connectivity index (χ1n) is 6.94. The van der Waals surface area contributed by atoms with Crippen molar-refractivity contribution in [2.75, 3.05) is 7.11 Å². The fourth-order valence-electron chi connectivity index (χ4n) is 2.01. The standard InChI is InChI=1S/C19H19ClO/c1-4-15-5-11-18(19(20)13-15)12-8-16-6-9-17(10-7-16)14(2)21-3/h5-13H,2,4H2,1,3H3/b12-8+. The Morgan fingerprint density at radius 1 is 1.14 bits per heavy atom. The largest absolute Gasteiger partial charge is 0.497 e. The minimum atomic E-state index is 0.670. The summed E-state index contributed by atoms with van der Waals surface area (Å²) >= 11 is 6.28. The second-order valence-electron chi connectivity index (χ2n) is 4.79. The number of ether oxygens (including phenoxy) is 1. The summed E-state index contributed by atoms with van der Waals surface area (Å²) in [5.74, 6) is 0.670. The summed E-state index contributed by atoms with van der Waals surface area (Å²) in [6.07, 6.45) is 5.07. The third-order valence-corrected chi connectivity index (χ3v) is 3.73. The molecule has 0 aliphatic rings. The maximum atomic E-state index is 6.28. The van der Waals surface area contributed by atoms with Gasteiger partial charge in [-0.1, -0.05) is 73.7 Å². The molecule has 0 atom stereocenters. The highest BCUT2D eigenvalue weighted by atomic mass is 35.5. The Balaban J connectivity index is 2.16. The van der Waals surface area contributed by atoms with Crippen molar-refractivity contribution in [2.24, 2.45) is 0 Å². The van der Waals surface area contributed by atoms with Crippen LogP contribution in [0, 0.1) is 0 Å². The maximum Gasteiger partial charge on any atom is 0.118 e. The number of rotatable bonds is 5. The SMILES string of the molecule is C=C(OC)c1ccc(/C=C/c2ccc(CC)cc2Cl)cc1. The molecule has 1 nitrogen and oxygen atoms in total. The van der Waals surface area contributed by atoms with Crippen molar-refractivity contribution in [1.82, 2.24) is 0 Å². The lowest BCUT2D eigenvalue weighted by Crippen LogP contribution is -1.85. The van der Waals surface area contributed by atoms with Crippen molar-refractivity contribution in [3.05, 3.63) is 76.3 Å². The van der Waals surface area contributed by atoms with Gasteiger partial charge in [0.1, 0.15) is 5.76 Å². The average Bonchev–Trinajstić information content (AvgIpc) is 2.53. The highest BCUT2D eigenvalue weighted by Crippen LogP contribution is 2.21. The van der Waals surface area contributed by atoms with E-state index in [0.29, 0.717) is 5.76 Å². The Hall–Kier alpha value is -1.99. The number of methoxy groups -OCH3 is 1. The van der Waals surface area contributed by atoms with Gasteiger partial charge in [0, 0.05) is 10.6 Å². The first kappa shape index (κ1) is 15.4. The summed E-state index contributed by atoms with van der Waals surface area (Å²) in [4.78, 5) is 0. The first-order chi connectivity index (χ1) is 10.1. The van der Waals surface area contributed by atoms with Crippen LogP contribution in [0.3, 0.4) is 0 Å². The van der Waals surface area contributed by atoms with Gasteiger partial charge in [0.2, 0.25) is 0 Å². The number of aryl methyl sites for hydroxylation is 1. The third kappa shape index (κ3) is 3.99. The third-order valence-electron chi connectivity index (χ3n) is 3.41. The Morgan fingerprint density at radius 2 is 1.86 bits per heavy atom. The Labute approximate surface area is 131 Å². The fraction of sp³-hybridized carbons (Fsp3) is 0.158. The number of benzene rings is 2. The van der Waals surface area contributed by atoms with E-state index >= 15 is 0 Å². The predicted octanol–water partition coefficient (Wildman–Crippen LogP) is 5.69. The summed E-state index contributed by atoms with van der Waals surface area (Å²) in [7, 11) is 1.62. The second kappa shape index (κ2) is 7.14. The molecule has 2 heteroatoms. The second-order valence-corrected chi connectivity index (χ2v) is 5.20. The van der Waals surface area contributed by atoms with Gasteiger partial charge in [-0.3, -0.25) is 0 Å². The van der Waals surface area contributed by atoms with Gasteiger partial charge in [-0.2, -0.15) is 0 Å². The first-order valence-corrected chi connectivity index (χ1v) is 7.31. The summed E-state index contributed by atoms with van der Waals surface area (Å²) in [5.41, 5.74) is 4.37. The van der Waals surface area contributed by atoms with Gasteiger partial charge in [-0.25, -0.2) is 0 Å². The normalized spacial score (nSPS) is 10.8.